The Labute approximate surface area is 110 Å². The first-order valence-corrected chi connectivity index (χ1v) is 6.05. The number of carbonyl (C=O) groups excluding carboxylic acids is 1. The predicted molar refractivity (Wildman–Crippen MR) is 65.5 cm³/mol. The van der Waals surface area contributed by atoms with E-state index in [2.05, 4.69) is 9.97 Å². The summed E-state index contributed by atoms with van der Waals surface area (Å²) >= 11 is 0. The molecule has 1 aromatic rings. The SMILES string of the molecule is COC(=O)C1CCN(c2ncc(F)c(OC)n2)CC1. The largest absolute Gasteiger partial charge is 0.479 e. The lowest BCUT2D eigenvalue weighted by molar-refractivity contribution is -0.146. The number of aromatic nitrogens is 2. The summed E-state index contributed by atoms with van der Waals surface area (Å²) in [5, 5.41) is 0. The fraction of sp³-hybridized carbons (Fsp3) is 0.583. The minimum Gasteiger partial charge on any atom is -0.479 e. The van der Waals surface area contributed by atoms with Crippen molar-refractivity contribution in [2.45, 2.75) is 12.8 Å². The first-order valence-electron chi connectivity index (χ1n) is 6.05. The Morgan fingerprint density at radius 3 is 2.68 bits per heavy atom. The molecule has 2 rings (SSSR count). The van der Waals surface area contributed by atoms with Crippen LogP contribution in [0.1, 0.15) is 12.8 Å². The predicted octanol–water partition coefficient (Wildman–Crippen LogP) is 1.01. The Kier molecular flexibility index (Phi) is 4.13. The smallest absolute Gasteiger partial charge is 0.308 e. The van der Waals surface area contributed by atoms with Crippen LogP contribution in [0.2, 0.25) is 0 Å². The number of nitrogens with zero attached hydrogens (tertiary/aromatic N) is 3. The van der Waals surface area contributed by atoms with Crippen LogP contribution in [0.4, 0.5) is 10.3 Å². The molecular weight excluding hydrogens is 253 g/mol. The number of methoxy groups -OCH3 is 2. The molecule has 6 nitrogen and oxygen atoms in total. The number of hydrogen-bond donors (Lipinski definition) is 0. The van der Waals surface area contributed by atoms with E-state index in [1.807, 2.05) is 4.90 Å². The second-order valence-electron chi connectivity index (χ2n) is 4.31. The van der Waals surface area contributed by atoms with Gasteiger partial charge in [-0.2, -0.15) is 9.37 Å². The van der Waals surface area contributed by atoms with Gasteiger partial charge in [-0.3, -0.25) is 4.79 Å². The fourth-order valence-electron chi connectivity index (χ4n) is 2.12. The topological polar surface area (TPSA) is 64.5 Å². The molecule has 0 radical (unpaired) electrons. The van der Waals surface area contributed by atoms with E-state index in [1.54, 1.807) is 0 Å². The lowest BCUT2D eigenvalue weighted by atomic mass is 9.97. The molecule has 0 atom stereocenters. The highest BCUT2D eigenvalue weighted by Crippen LogP contribution is 2.23. The molecule has 2 heterocycles. The van der Waals surface area contributed by atoms with Crippen LogP contribution in [0.5, 0.6) is 5.88 Å². The molecule has 0 N–H and O–H groups in total. The average molecular weight is 269 g/mol. The number of carbonyl (C=O) groups is 1. The van der Waals surface area contributed by atoms with Crippen molar-refractivity contribution in [3.05, 3.63) is 12.0 Å². The molecule has 0 unspecified atom stereocenters. The summed E-state index contributed by atoms with van der Waals surface area (Å²) in [5.74, 6) is -0.502. The van der Waals surface area contributed by atoms with Crippen molar-refractivity contribution < 1.29 is 18.7 Å². The van der Waals surface area contributed by atoms with Crippen molar-refractivity contribution in [1.82, 2.24) is 9.97 Å². The molecule has 1 fully saturated rings. The maximum Gasteiger partial charge on any atom is 0.308 e. The van der Waals surface area contributed by atoms with E-state index in [-0.39, 0.29) is 17.8 Å². The third kappa shape index (κ3) is 2.91. The minimum absolute atomic E-state index is 0.0694. The monoisotopic (exact) mass is 269 g/mol. The summed E-state index contributed by atoms with van der Waals surface area (Å²) in [6.45, 7) is 1.27. The molecule has 1 aromatic heterocycles. The molecule has 19 heavy (non-hydrogen) atoms. The lowest BCUT2D eigenvalue weighted by Gasteiger charge is -2.30. The maximum absolute atomic E-state index is 13.2. The fourth-order valence-corrected chi connectivity index (χ4v) is 2.12. The summed E-state index contributed by atoms with van der Waals surface area (Å²) in [6, 6.07) is 0. The number of esters is 1. The second-order valence-corrected chi connectivity index (χ2v) is 4.31. The first kappa shape index (κ1) is 13.5. The van der Waals surface area contributed by atoms with Gasteiger partial charge < -0.3 is 14.4 Å². The van der Waals surface area contributed by atoms with E-state index < -0.39 is 5.82 Å². The Morgan fingerprint density at radius 1 is 1.42 bits per heavy atom. The number of ether oxygens (including phenoxy) is 2. The Bertz CT molecular complexity index is 462. The van der Waals surface area contributed by atoms with Gasteiger partial charge >= 0.3 is 5.97 Å². The Morgan fingerprint density at radius 2 is 2.11 bits per heavy atom. The summed E-state index contributed by atoms with van der Waals surface area (Å²) < 4.78 is 22.8. The number of rotatable bonds is 3. The zero-order valence-electron chi connectivity index (χ0n) is 10.9. The summed E-state index contributed by atoms with van der Waals surface area (Å²) in [5.41, 5.74) is 0. The van der Waals surface area contributed by atoms with Crippen LogP contribution < -0.4 is 9.64 Å². The first-order chi connectivity index (χ1) is 9.15. The van der Waals surface area contributed by atoms with E-state index in [0.717, 1.165) is 6.20 Å². The van der Waals surface area contributed by atoms with E-state index in [9.17, 15) is 9.18 Å². The van der Waals surface area contributed by atoms with Gasteiger partial charge in [0.15, 0.2) is 0 Å². The molecule has 0 bridgehead atoms. The van der Waals surface area contributed by atoms with Gasteiger partial charge in [0, 0.05) is 13.1 Å². The molecule has 0 spiro atoms. The van der Waals surface area contributed by atoms with Crippen LogP contribution in [-0.4, -0.2) is 43.2 Å². The zero-order chi connectivity index (χ0) is 13.8. The molecule has 0 aliphatic carbocycles. The van der Waals surface area contributed by atoms with Gasteiger partial charge in [0.05, 0.1) is 26.3 Å². The normalized spacial score (nSPS) is 16.3. The van der Waals surface area contributed by atoms with Crippen molar-refractivity contribution in [3.8, 4) is 5.88 Å². The molecule has 1 aliphatic heterocycles. The molecule has 104 valence electrons. The van der Waals surface area contributed by atoms with Crippen LogP contribution in [0.25, 0.3) is 0 Å². The number of hydrogen-bond acceptors (Lipinski definition) is 6. The van der Waals surface area contributed by atoms with Crippen molar-refractivity contribution in [2.24, 2.45) is 5.92 Å². The average Bonchev–Trinajstić information content (AvgIpc) is 2.47. The summed E-state index contributed by atoms with van der Waals surface area (Å²) in [7, 11) is 2.75. The van der Waals surface area contributed by atoms with Gasteiger partial charge in [0.2, 0.25) is 11.8 Å². The third-order valence-electron chi connectivity index (χ3n) is 3.20. The van der Waals surface area contributed by atoms with Crippen LogP contribution in [0.15, 0.2) is 6.20 Å². The molecule has 1 aliphatic rings. The number of piperidine rings is 1. The highest BCUT2D eigenvalue weighted by atomic mass is 19.1. The maximum atomic E-state index is 13.2. The van der Waals surface area contributed by atoms with Gasteiger partial charge in [-0.25, -0.2) is 4.98 Å². The zero-order valence-corrected chi connectivity index (χ0v) is 10.9. The molecule has 1 saturated heterocycles. The molecule has 0 saturated carbocycles. The van der Waals surface area contributed by atoms with Crippen molar-refractivity contribution >= 4 is 11.9 Å². The second kappa shape index (κ2) is 5.81. The van der Waals surface area contributed by atoms with Gasteiger partial charge in [0.1, 0.15) is 0 Å². The Hall–Kier alpha value is -1.92. The molecule has 7 heteroatoms. The van der Waals surface area contributed by atoms with Gasteiger partial charge in [-0.15, -0.1) is 0 Å². The van der Waals surface area contributed by atoms with Gasteiger partial charge in [-0.05, 0) is 12.8 Å². The lowest BCUT2D eigenvalue weighted by Crippen LogP contribution is -2.37. The van der Waals surface area contributed by atoms with Crippen LogP contribution >= 0.6 is 0 Å². The van der Waals surface area contributed by atoms with Gasteiger partial charge in [-0.1, -0.05) is 0 Å². The van der Waals surface area contributed by atoms with Crippen molar-refractivity contribution in [3.63, 3.8) is 0 Å². The molecule has 0 amide bonds. The molecule has 0 aromatic carbocycles. The van der Waals surface area contributed by atoms with Gasteiger partial charge in [0.25, 0.3) is 5.88 Å². The third-order valence-corrected chi connectivity index (χ3v) is 3.20. The molecular formula is C12H16FN3O3. The van der Waals surface area contributed by atoms with E-state index >= 15 is 0 Å². The number of halogens is 1. The standard InChI is InChI=1S/C12H16FN3O3/c1-18-10-9(13)7-14-12(15-10)16-5-3-8(4-6-16)11(17)19-2/h7-8H,3-6H2,1-2H3. The highest BCUT2D eigenvalue weighted by molar-refractivity contribution is 5.72. The van der Waals surface area contributed by atoms with Crippen LogP contribution in [-0.2, 0) is 9.53 Å². The highest BCUT2D eigenvalue weighted by Gasteiger charge is 2.27. The van der Waals surface area contributed by atoms with E-state index in [4.69, 9.17) is 9.47 Å². The minimum atomic E-state index is -0.587. The van der Waals surface area contributed by atoms with E-state index in [1.165, 1.54) is 14.2 Å². The summed E-state index contributed by atoms with van der Waals surface area (Å²) in [4.78, 5) is 21.3. The Balaban J connectivity index is 2.03. The van der Waals surface area contributed by atoms with E-state index in [0.29, 0.717) is 31.9 Å². The summed E-state index contributed by atoms with van der Waals surface area (Å²) in [6.07, 6.45) is 2.44. The van der Waals surface area contributed by atoms with Crippen molar-refractivity contribution in [1.29, 1.82) is 0 Å². The van der Waals surface area contributed by atoms with Crippen molar-refractivity contribution in [2.75, 3.05) is 32.2 Å². The number of anilines is 1. The van der Waals surface area contributed by atoms with Crippen LogP contribution in [0.3, 0.4) is 0 Å². The van der Waals surface area contributed by atoms with Crippen LogP contribution in [0, 0.1) is 11.7 Å². The quantitative estimate of drug-likeness (QED) is 0.763.